The summed E-state index contributed by atoms with van der Waals surface area (Å²) in [7, 11) is 0. The van der Waals surface area contributed by atoms with E-state index in [4.69, 9.17) is 22.1 Å². The quantitative estimate of drug-likeness (QED) is 0.856. The van der Waals surface area contributed by atoms with Gasteiger partial charge >= 0.3 is 0 Å². The van der Waals surface area contributed by atoms with Gasteiger partial charge in [0.2, 0.25) is 0 Å². The number of aromatic nitrogens is 2. The number of ether oxygens (including phenoxy) is 1. The van der Waals surface area contributed by atoms with Gasteiger partial charge in [-0.05, 0) is 18.1 Å². The number of rotatable bonds is 6. The Kier molecular flexibility index (Phi) is 5.15. The van der Waals surface area contributed by atoms with Crippen molar-refractivity contribution in [3.8, 4) is 0 Å². The molecule has 0 fully saturated rings. The van der Waals surface area contributed by atoms with Gasteiger partial charge in [-0.25, -0.2) is 9.97 Å². The van der Waals surface area contributed by atoms with Crippen molar-refractivity contribution >= 4 is 23.2 Å². The van der Waals surface area contributed by atoms with Crippen LogP contribution in [0.3, 0.4) is 0 Å². The van der Waals surface area contributed by atoms with Crippen LogP contribution in [0.2, 0.25) is 5.02 Å². The van der Waals surface area contributed by atoms with Gasteiger partial charge in [0.05, 0.1) is 6.61 Å². The molecule has 106 valence electrons. The molecule has 2 rings (SSSR count). The van der Waals surface area contributed by atoms with Crippen molar-refractivity contribution in [3.05, 3.63) is 46.7 Å². The number of hydrogen-bond donors (Lipinski definition) is 2. The normalized spacial score (nSPS) is 10.5. The van der Waals surface area contributed by atoms with Crippen molar-refractivity contribution in [2.75, 3.05) is 17.7 Å². The number of halogens is 1. The minimum absolute atomic E-state index is 0.270. The summed E-state index contributed by atoms with van der Waals surface area (Å²) < 4.78 is 5.46. The van der Waals surface area contributed by atoms with E-state index in [9.17, 15) is 0 Å². The molecule has 0 radical (unpaired) electrons. The van der Waals surface area contributed by atoms with E-state index in [0.717, 1.165) is 11.1 Å². The van der Waals surface area contributed by atoms with Crippen LogP contribution in [-0.4, -0.2) is 16.6 Å². The predicted octanol–water partition coefficient (Wildman–Crippen LogP) is 2.86. The van der Waals surface area contributed by atoms with Crippen LogP contribution in [0.5, 0.6) is 0 Å². The number of anilines is 2. The van der Waals surface area contributed by atoms with Crippen LogP contribution in [-0.2, 0) is 17.9 Å². The molecule has 20 heavy (non-hydrogen) atoms. The molecule has 0 aliphatic heterocycles. The van der Waals surface area contributed by atoms with E-state index in [1.165, 1.54) is 6.33 Å². The maximum atomic E-state index is 6.05. The van der Waals surface area contributed by atoms with Crippen LogP contribution in [0.25, 0.3) is 0 Å². The van der Waals surface area contributed by atoms with Gasteiger partial charge in [-0.15, -0.1) is 0 Å². The molecular formula is C14H17ClN4O. The second-order valence-corrected chi connectivity index (χ2v) is 4.56. The Morgan fingerprint density at radius 2 is 2.00 bits per heavy atom. The molecule has 1 aromatic carbocycles. The van der Waals surface area contributed by atoms with Crippen LogP contribution < -0.4 is 11.1 Å². The van der Waals surface area contributed by atoms with Crippen LogP contribution in [0.1, 0.15) is 18.1 Å². The van der Waals surface area contributed by atoms with Gasteiger partial charge in [0, 0.05) is 13.2 Å². The van der Waals surface area contributed by atoms with Gasteiger partial charge in [0.15, 0.2) is 5.82 Å². The van der Waals surface area contributed by atoms with E-state index >= 15 is 0 Å². The molecule has 0 amide bonds. The number of nitrogens with two attached hydrogens (primary N) is 1. The molecule has 6 heteroatoms. The summed E-state index contributed by atoms with van der Waals surface area (Å²) in [6.45, 7) is 3.85. The Morgan fingerprint density at radius 1 is 1.25 bits per heavy atom. The fraction of sp³-hybridized carbons (Fsp3) is 0.286. The van der Waals surface area contributed by atoms with Crippen molar-refractivity contribution in [1.82, 2.24) is 9.97 Å². The van der Waals surface area contributed by atoms with E-state index in [1.54, 1.807) is 0 Å². The predicted molar refractivity (Wildman–Crippen MR) is 80.6 cm³/mol. The van der Waals surface area contributed by atoms with Crippen molar-refractivity contribution in [2.45, 2.75) is 20.1 Å². The Bertz CT molecular complexity index is 577. The van der Waals surface area contributed by atoms with Gasteiger partial charge in [-0.1, -0.05) is 35.9 Å². The van der Waals surface area contributed by atoms with Crippen LogP contribution in [0, 0.1) is 0 Å². The largest absolute Gasteiger partial charge is 0.382 e. The average Bonchev–Trinajstić information content (AvgIpc) is 2.47. The number of nitrogens with zero attached hydrogens (tertiary/aromatic N) is 2. The topological polar surface area (TPSA) is 73.1 Å². The first-order valence-electron chi connectivity index (χ1n) is 6.36. The van der Waals surface area contributed by atoms with Crippen molar-refractivity contribution in [3.63, 3.8) is 0 Å². The first-order chi connectivity index (χ1) is 9.72. The second-order valence-electron chi connectivity index (χ2n) is 4.18. The Labute approximate surface area is 123 Å². The highest BCUT2D eigenvalue weighted by molar-refractivity contribution is 6.35. The minimum Gasteiger partial charge on any atom is -0.382 e. The van der Waals surface area contributed by atoms with Gasteiger partial charge in [0.1, 0.15) is 17.2 Å². The summed E-state index contributed by atoms with van der Waals surface area (Å²) in [4.78, 5) is 7.91. The standard InChI is InChI=1S/C14H17ClN4O/c1-2-20-8-11-6-4-3-5-10(11)7-17-14-12(15)13(16)18-9-19-14/h3-6,9H,2,7-8H2,1H3,(H3,16,17,18,19). The zero-order valence-electron chi connectivity index (χ0n) is 11.3. The zero-order chi connectivity index (χ0) is 14.4. The van der Waals surface area contributed by atoms with E-state index in [0.29, 0.717) is 30.6 Å². The molecule has 0 bridgehead atoms. The highest BCUT2D eigenvalue weighted by Gasteiger charge is 2.07. The van der Waals surface area contributed by atoms with E-state index in [-0.39, 0.29) is 5.82 Å². The molecule has 3 N–H and O–H groups in total. The summed E-state index contributed by atoms with van der Waals surface area (Å²) in [6.07, 6.45) is 1.38. The molecule has 0 aliphatic carbocycles. The zero-order valence-corrected chi connectivity index (χ0v) is 12.0. The molecule has 1 aromatic heterocycles. The van der Waals surface area contributed by atoms with Gasteiger partial charge < -0.3 is 15.8 Å². The third kappa shape index (κ3) is 3.59. The third-order valence-corrected chi connectivity index (χ3v) is 3.22. The summed E-state index contributed by atoms with van der Waals surface area (Å²) in [5.74, 6) is 0.803. The minimum atomic E-state index is 0.270. The average molecular weight is 293 g/mol. The third-order valence-electron chi connectivity index (χ3n) is 2.84. The van der Waals surface area contributed by atoms with Gasteiger partial charge in [-0.3, -0.25) is 0 Å². The maximum Gasteiger partial charge on any atom is 0.150 e. The molecule has 0 atom stereocenters. The maximum absolute atomic E-state index is 6.05. The summed E-state index contributed by atoms with van der Waals surface area (Å²) in [5, 5.41) is 3.51. The van der Waals surface area contributed by atoms with Gasteiger partial charge in [0.25, 0.3) is 0 Å². The summed E-state index contributed by atoms with van der Waals surface area (Å²) >= 11 is 6.05. The molecule has 0 saturated heterocycles. The van der Waals surface area contributed by atoms with Gasteiger partial charge in [-0.2, -0.15) is 0 Å². The highest BCUT2D eigenvalue weighted by atomic mass is 35.5. The van der Waals surface area contributed by atoms with E-state index in [2.05, 4.69) is 15.3 Å². The van der Waals surface area contributed by atoms with Crippen LogP contribution >= 0.6 is 11.6 Å². The molecule has 5 nitrogen and oxygen atoms in total. The molecule has 2 aromatic rings. The Balaban J connectivity index is 2.09. The Morgan fingerprint density at radius 3 is 2.75 bits per heavy atom. The number of hydrogen-bond acceptors (Lipinski definition) is 5. The lowest BCUT2D eigenvalue weighted by Crippen LogP contribution is -2.07. The SMILES string of the molecule is CCOCc1ccccc1CNc1ncnc(N)c1Cl. The fourth-order valence-corrected chi connectivity index (χ4v) is 1.93. The smallest absolute Gasteiger partial charge is 0.150 e. The molecule has 0 spiro atoms. The number of nitrogens with one attached hydrogen (secondary N) is 1. The molecule has 0 saturated carbocycles. The van der Waals surface area contributed by atoms with E-state index in [1.807, 2.05) is 31.2 Å². The van der Waals surface area contributed by atoms with Crippen molar-refractivity contribution in [1.29, 1.82) is 0 Å². The lowest BCUT2D eigenvalue weighted by Gasteiger charge is -2.12. The van der Waals surface area contributed by atoms with Crippen LogP contribution in [0.15, 0.2) is 30.6 Å². The lowest BCUT2D eigenvalue weighted by atomic mass is 10.1. The first kappa shape index (κ1) is 14.6. The molecule has 0 unspecified atom stereocenters. The first-order valence-corrected chi connectivity index (χ1v) is 6.74. The Hall–Kier alpha value is -1.85. The molecule has 0 aliphatic rings. The summed E-state index contributed by atoms with van der Waals surface area (Å²) in [6, 6.07) is 8.07. The monoisotopic (exact) mass is 292 g/mol. The van der Waals surface area contributed by atoms with Crippen LogP contribution in [0.4, 0.5) is 11.6 Å². The fourth-order valence-electron chi connectivity index (χ4n) is 1.77. The summed E-state index contributed by atoms with van der Waals surface area (Å²) in [5.41, 5.74) is 7.91. The highest BCUT2D eigenvalue weighted by Crippen LogP contribution is 2.24. The molecule has 1 heterocycles. The number of nitrogen functional groups attached to an aromatic ring is 1. The van der Waals surface area contributed by atoms with Crippen molar-refractivity contribution < 1.29 is 4.74 Å². The second kappa shape index (κ2) is 7.07. The molecular weight excluding hydrogens is 276 g/mol. The number of benzene rings is 1. The van der Waals surface area contributed by atoms with Crippen molar-refractivity contribution in [2.24, 2.45) is 0 Å². The van der Waals surface area contributed by atoms with E-state index < -0.39 is 0 Å². The lowest BCUT2D eigenvalue weighted by molar-refractivity contribution is 0.133.